The second-order valence-electron chi connectivity index (χ2n) is 7.50. The van der Waals surface area contributed by atoms with E-state index in [1.54, 1.807) is 12.1 Å². The van der Waals surface area contributed by atoms with Crippen LogP contribution in [0.3, 0.4) is 0 Å². The van der Waals surface area contributed by atoms with Crippen molar-refractivity contribution in [1.82, 2.24) is 5.32 Å². The smallest absolute Gasteiger partial charge is 0.261 e. The number of halogens is 1. The van der Waals surface area contributed by atoms with Crippen LogP contribution in [-0.4, -0.2) is 23.7 Å². The van der Waals surface area contributed by atoms with E-state index in [9.17, 15) is 4.79 Å². The van der Waals surface area contributed by atoms with Gasteiger partial charge in [0.1, 0.15) is 11.5 Å². The number of hydrogen-bond donors (Lipinski definition) is 2. The number of thiocarbonyl (C=S) groups is 1. The van der Waals surface area contributed by atoms with Gasteiger partial charge in [-0.2, -0.15) is 0 Å². The van der Waals surface area contributed by atoms with Crippen LogP contribution in [0, 0.1) is 0 Å². The molecule has 0 bridgehead atoms. The van der Waals surface area contributed by atoms with Crippen LogP contribution in [0.25, 0.3) is 0 Å². The molecule has 0 aromatic heterocycles. The summed E-state index contributed by atoms with van der Waals surface area (Å²) in [4.78, 5) is 12.7. The lowest BCUT2D eigenvalue weighted by atomic mass is 10.2. The number of hydrogen-bond acceptors (Lipinski definition) is 4. The molecule has 0 aliphatic rings. The molecule has 2 N–H and O–H groups in total. The largest absolute Gasteiger partial charge is 0.494 e. The lowest BCUT2D eigenvalue weighted by Crippen LogP contribution is -2.34. The third-order valence-electron chi connectivity index (χ3n) is 4.40. The van der Waals surface area contributed by atoms with Gasteiger partial charge in [-0.05, 0) is 75.0 Å². The third-order valence-corrected chi connectivity index (χ3v) is 5.10. The van der Waals surface area contributed by atoms with Crippen LogP contribution in [0.4, 0.5) is 5.69 Å². The number of rotatable bonds is 11. The summed E-state index contributed by atoms with van der Waals surface area (Å²) in [5.74, 6) is 0.993. The molecule has 0 fully saturated rings. The molecule has 0 heterocycles. The Morgan fingerprint density at radius 3 is 2.45 bits per heavy atom. The van der Waals surface area contributed by atoms with Crippen molar-refractivity contribution in [3.8, 4) is 11.5 Å². The summed E-state index contributed by atoms with van der Waals surface area (Å²) >= 11 is 8.70. The standard InChI is InChI=1S/C24H31BrN2O3S/c1-4-5-6-7-8-15-29-20-12-10-19(11-13-20)26-24(31)27-23(28)21-16-18(25)9-14-22(21)30-17(2)3/h9-14,16-17H,4-8,15H2,1-3H3,(H2,26,27,28,31). The van der Waals surface area contributed by atoms with Crippen molar-refractivity contribution in [1.29, 1.82) is 0 Å². The molecule has 0 spiro atoms. The molecule has 2 aromatic rings. The van der Waals surface area contributed by atoms with Gasteiger partial charge in [0.25, 0.3) is 5.91 Å². The van der Waals surface area contributed by atoms with E-state index in [0.717, 1.165) is 28.9 Å². The van der Waals surface area contributed by atoms with Gasteiger partial charge in [0.2, 0.25) is 0 Å². The van der Waals surface area contributed by atoms with Crippen molar-refractivity contribution >= 4 is 44.9 Å². The van der Waals surface area contributed by atoms with Gasteiger partial charge >= 0.3 is 0 Å². The monoisotopic (exact) mass is 506 g/mol. The lowest BCUT2D eigenvalue weighted by molar-refractivity contribution is 0.0972. The fraction of sp³-hybridized carbons (Fsp3) is 0.417. The highest BCUT2D eigenvalue weighted by atomic mass is 79.9. The van der Waals surface area contributed by atoms with E-state index in [2.05, 4.69) is 33.5 Å². The first-order valence-corrected chi connectivity index (χ1v) is 11.9. The Labute approximate surface area is 199 Å². The molecule has 1 amide bonds. The first-order chi connectivity index (χ1) is 14.9. The Morgan fingerprint density at radius 2 is 1.77 bits per heavy atom. The van der Waals surface area contributed by atoms with E-state index < -0.39 is 0 Å². The number of nitrogens with one attached hydrogen (secondary N) is 2. The Morgan fingerprint density at radius 1 is 1.06 bits per heavy atom. The molecule has 2 rings (SSSR count). The van der Waals surface area contributed by atoms with Crippen LogP contribution in [0.2, 0.25) is 0 Å². The summed E-state index contributed by atoms with van der Waals surface area (Å²) in [5.41, 5.74) is 1.18. The SMILES string of the molecule is CCCCCCCOc1ccc(NC(=S)NC(=O)c2cc(Br)ccc2OC(C)C)cc1. The van der Waals surface area contributed by atoms with Crippen molar-refractivity contribution in [2.24, 2.45) is 0 Å². The summed E-state index contributed by atoms with van der Waals surface area (Å²) in [6.07, 6.45) is 6.00. The summed E-state index contributed by atoms with van der Waals surface area (Å²) in [5, 5.41) is 5.95. The maximum Gasteiger partial charge on any atom is 0.261 e. The molecule has 0 unspecified atom stereocenters. The van der Waals surface area contributed by atoms with Gasteiger partial charge in [-0.15, -0.1) is 0 Å². The summed E-state index contributed by atoms with van der Waals surface area (Å²) in [7, 11) is 0. The minimum Gasteiger partial charge on any atom is -0.494 e. The highest BCUT2D eigenvalue weighted by Gasteiger charge is 2.16. The summed E-state index contributed by atoms with van der Waals surface area (Å²) < 4.78 is 12.3. The molecule has 2 aromatic carbocycles. The van der Waals surface area contributed by atoms with Crippen molar-refractivity contribution in [2.75, 3.05) is 11.9 Å². The second kappa shape index (κ2) is 13.3. The number of ether oxygens (including phenoxy) is 2. The predicted molar refractivity (Wildman–Crippen MR) is 134 cm³/mol. The van der Waals surface area contributed by atoms with Crippen molar-refractivity contribution in [3.05, 3.63) is 52.5 Å². The Balaban J connectivity index is 1.86. The van der Waals surface area contributed by atoms with Crippen molar-refractivity contribution in [3.63, 3.8) is 0 Å². The highest BCUT2D eigenvalue weighted by Crippen LogP contribution is 2.24. The molecule has 0 aliphatic carbocycles. The maximum absolute atomic E-state index is 12.7. The zero-order chi connectivity index (χ0) is 22.6. The zero-order valence-corrected chi connectivity index (χ0v) is 20.8. The van der Waals surface area contributed by atoms with E-state index in [4.69, 9.17) is 21.7 Å². The van der Waals surface area contributed by atoms with Gasteiger partial charge in [-0.3, -0.25) is 10.1 Å². The molecule has 0 saturated carbocycles. The first kappa shape index (κ1) is 25.1. The molecule has 5 nitrogen and oxygen atoms in total. The quantitative estimate of drug-likeness (QED) is 0.262. The van der Waals surface area contributed by atoms with Crippen LogP contribution in [-0.2, 0) is 0 Å². The van der Waals surface area contributed by atoms with Gasteiger partial charge in [0.15, 0.2) is 5.11 Å². The third kappa shape index (κ3) is 9.27. The summed E-state index contributed by atoms with van der Waals surface area (Å²) in [6.45, 7) is 6.76. The first-order valence-electron chi connectivity index (χ1n) is 10.7. The van der Waals surface area contributed by atoms with Crippen molar-refractivity contribution in [2.45, 2.75) is 59.0 Å². The molecule has 0 radical (unpaired) electrons. The number of amides is 1. The molecule has 0 aliphatic heterocycles. The minimum atomic E-state index is -0.336. The number of unbranched alkanes of at least 4 members (excludes halogenated alkanes) is 4. The maximum atomic E-state index is 12.7. The van der Waals surface area contributed by atoms with E-state index in [1.165, 1.54) is 25.7 Å². The minimum absolute atomic E-state index is 0.0464. The molecular formula is C24H31BrN2O3S. The van der Waals surface area contributed by atoms with Crippen LogP contribution < -0.4 is 20.1 Å². The average Bonchev–Trinajstić information content (AvgIpc) is 2.72. The normalized spacial score (nSPS) is 10.6. The highest BCUT2D eigenvalue weighted by molar-refractivity contribution is 9.10. The van der Waals surface area contributed by atoms with Crippen molar-refractivity contribution < 1.29 is 14.3 Å². The number of benzene rings is 2. The molecule has 168 valence electrons. The second-order valence-corrected chi connectivity index (χ2v) is 8.83. The molecule has 7 heteroatoms. The topological polar surface area (TPSA) is 59.6 Å². The molecular weight excluding hydrogens is 476 g/mol. The number of carbonyl (C=O) groups excluding carboxylic acids is 1. The number of anilines is 1. The zero-order valence-electron chi connectivity index (χ0n) is 18.4. The average molecular weight is 507 g/mol. The van der Waals surface area contributed by atoms with Gasteiger partial charge in [-0.25, -0.2) is 0 Å². The van der Waals surface area contributed by atoms with Crippen LogP contribution >= 0.6 is 28.1 Å². The van der Waals surface area contributed by atoms with Crippen LogP contribution in [0.15, 0.2) is 46.9 Å². The fourth-order valence-corrected chi connectivity index (χ4v) is 3.47. The number of carbonyl (C=O) groups is 1. The molecule has 0 atom stereocenters. The van der Waals surface area contributed by atoms with Gasteiger partial charge in [0.05, 0.1) is 18.3 Å². The van der Waals surface area contributed by atoms with Crippen LogP contribution in [0.5, 0.6) is 11.5 Å². The molecule has 31 heavy (non-hydrogen) atoms. The Hall–Kier alpha value is -2.12. The van der Waals surface area contributed by atoms with Gasteiger partial charge < -0.3 is 14.8 Å². The van der Waals surface area contributed by atoms with Gasteiger partial charge in [-0.1, -0.05) is 48.5 Å². The predicted octanol–water partition coefficient (Wildman–Crippen LogP) is 6.71. The Bertz CT molecular complexity index is 856. The summed E-state index contributed by atoms with van der Waals surface area (Å²) in [6, 6.07) is 12.8. The van der Waals surface area contributed by atoms with E-state index in [0.29, 0.717) is 11.3 Å². The fourth-order valence-electron chi connectivity index (χ4n) is 2.90. The van der Waals surface area contributed by atoms with Gasteiger partial charge in [0, 0.05) is 10.2 Å². The Kier molecular flexibility index (Phi) is 10.8. The van der Waals surface area contributed by atoms with Crippen LogP contribution in [0.1, 0.15) is 63.2 Å². The van der Waals surface area contributed by atoms with E-state index >= 15 is 0 Å². The van der Waals surface area contributed by atoms with E-state index in [-0.39, 0.29) is 17.1 Å². The molecule has 0 saturated heterocycles. The van der Waals surface area contributed by atoms with E-state index in [1.807, 2.05) is 44.2 Å². The lowest BCUT2D eigenvalue weighted by Gasteiger charge is -2.15.